The summed E-state index contributed by atoms with van der Waals surface area (Å²) >= 11 is 0. The van der Waals surface area contributed by atoms with E-state index in [1.807, 2.05) is 82.1 Å². The highest BCUT2D eigenvalue weighted by Gasteiger charge is 2.21. The SMILES string of the molecule is Cc1cccc(-c2nnc([C@H](C)N(C)CC(=O)Nc3cccc(C)c3C)o2)c1. The van der Waals surface area contributed by atoms with Gasteiger partial charge in [0.25, 0.3) is 0 Å². The van der Waals surface area contributed by atoms with E-state index in [0.717, 1.165) is 27.9 Å². The van der Waals surface area contributed by atoms with Crippen LogP contribution >= 0.6 is 0 Å². The molecule has 6 heteroatoms. The van der Waals surface area contributed by atoms with Crippen LogP contribution in [0.1, 0.15) is 35.5 Å². The number of benzene rings is 2. The average Bonchev–Trinajstić information content (AvgIpc) is 3.15. The number of carbonyl (C=O) groups is 1. The van der Waals surface area contributed by atoms with E-state index in [1.165, 1.54) is 0 Å². The van der Waals surface area contributed by atoms with Crippen molar-refractivity contribution in [2.24, 2.45) is 0 Å². The Bertz CT molecular complexity index is 980. The summed E-state index contributed by atoms with van der Waals surface area (Å²) in [6.45, 7) is 8.21. The van der Waals surface area contributed by atoms with Gasteiger partial charge in [-0.3, -0.25) is 9.69 Å². The number of nitrogens with zero attached hydrogens (tertiary/aromatic N) is 3. The number of nitrogens with one attached hydrogen (secondary N) is 1. The lowest BCUT2D eigenvalue weighted by atomic mass is 10.1. The Hall–Kier alpha value is -2.99. The van der Waals surface area contributed by atoms with Gasteiger partial charge >= 0.3 is 0 Å². The van der Waals surface area contributed by atoms with E-state index in [4.69, 9.17) is 4.42 Å². The predicted molar refractivity (Wildman–Crippen MR) is 110 cm³/mol. The van der Waals surface area contributed by atoms with Gasteiger partial charge in [0.2, 0.25) is 17.7 Å². The van der Waals surface area contributed by atoms with Crippen molar-refractivity contribution in [2.75, 3.05) is 18.9 Å². The number of hydrogen-bond acceptors (Lipinski definition) is 5. The fourth-order valence-corrected chi connectivity index (χ4v) is 2.93. The van der Waals surface area contributed by atoms with Gasteiger partial charge in [0.15, 0.2) is 0 Å². The lowest BCUT2D eigenvalue weighted by molar-refractivity contribution is -0.117. The normalized spacial score (nSPS) is 12.2. The minimum atomic E-state index is -0.185. The molecule has 0 aliphatic rings. The van der Waals surface area contributed by atoms with E-state index in [0.29, 0.717) is 11.8 Å². The molecule has 0 unspecified atom stereocenters. The number of carbonyl (C=O) groups excluding carboxylic acids is 1. The van der Waals surface area contributed by atoms with Crippen LogP contribution in [0.3, 0.4) is 0 Å². The topological polar surface area (TPSA) is 71.3 Å². The highest BCUT2D eigenvalue weighted by Crippen LogP contribution is 2.24. The van der Waals surface area contributed by atoms with Crippen LogP contribution in [-0.2, 0) is 4.79 Å². The molecule has 28 heavy (non-hydrogen) atoms. The van der Waals surface area contributed by atoms with Crippen LogP contribution in [-0.4, -0.2) is 34.6 Å². The molecule has 0 aliphatic heterocycles. The molecule has 0 bridgehead atoms. The quantitative estimate of drug-likeness (QED) is 0.693. The number of amides is 1. The van der Waals surface area contributed by atoms with Crippen LogP contribution in [0.2, 0.25) is 0 Å². The van der Waals surface area contributed by atoms with Crippen molar-refractivity contribution >= 4 is 11.6 Å². The second-order valence-corrected chi connectivity index (χ2v) is 7.20. The molecule has 0 fully saturated rings. The molecule has 3 aromatic rings. The summed E-state index contributed by atoms with van der Waals surface area (Å²) in [4.78, 5) is 14.3. The van der Waals surface area contributed by atoms with Crippen molar-refractivity contribution in [3.8, 4) is 11.5 Å². The van der Waals surface area contributed by atoms with Crippen molar-refractivity contribution in [1.82, 2.24) is 15.1 Å². The zero-order valence-corrected chi connectivity index (χ0v) is 17.0. The summed E-state index contributed by atoms with van der Waals surface area (Å²) in [5.74, 6) is 0.888. The van der Waals surface area contributed by atoms with Crippen molar-refractivity contribution in [3.63, 3.8) is 0 Å². The summed E-state index contributed by atoms with van der Waals surface area (Å²) in [7, 11) is 1.86. The molecule has 1 amide bonds. The van der Waals surface area contributed by atoms with Crippen LogP contribution in [0.15, 0.2) is 46.9 Å². The van der Waals surface area contributed by atoms with Crippen LogP contribution in [0, 0.1) is 20.8 Å². The number of rotatable bonds is 6. The minimum Gasteiger partial charge on any atom is -0.419 e. The third kappa shape index (κ3) is 4.46. The smallest absolute Gasteiger partial charge is 0.247 e. The van der Waals surface area contributed by atoms with Crippen molar-refractivity contribution in [3.05, 3.63) is 65.0 Å². The van der Waals surface area contributed by atoms with Gasteiger partial charge in [0.1, 0.15) is 0 Å². The molecule has 2 aromatic carbocycles. The first-order chi connectivity index (χ1) is 13.3. The highest BCUT2D eigenvalue weighted by molar-refractivity contribution is 5.93. The Kier molecular flexibility index (Phi) is 5.90. The first-order valence-electron chi connectivity index (χ1n) is 9.32. The van der Waals surface area contributed by atoms with Gasteiger partial charge in [0.05, 0.1) is 12.6 Å². The molecular formula is C22H26N4O2. The molecule has 146 valence electrons. The predicted octanol–water partition coefficient (Wildman–Crippen LogP) is 4.29. The zero-order chi connectivity index (χ0) is 20.3. The van der Waals surface area contributed by atoms with Crippen LogP contribution in [0.25, 0.3) is 11.5 Å². The Balaban J connectivity index is 1.65. The Morgan fingerprint density at radius 3 is 2.64 bits per heavy atom. The fourth-order valence-electron chi connectivity index (χ4n) is 2.93. The third-order valence-corrected chi connectivity index (χ3v) is 5.00. The second kappa shape index (κ2) is 8.35. The molecule has 0 spiro atoms. The number of aryl methyl sites for hydroxylation is 2. The summed E-state index contributed by atoms with van der Waals surface area (Å²) < 4.78 is 5.85. The van der Waals surface area contributed by atoms with Crippen LogP contribution < -0.4 is 5.32 Å². The van der Waals surface area contributed by atoms with Crippen molar-refractivity contribution in [1.29, 1.82) is 0 Å². The molecule has 1 aromatic heterocycles. The molecular weight excluding hydrogens is 352 g/mol. The minimum absolute atomic E-state index is 0.0820. The lowest BCUT2D eigenvalue weighted by Gasteiger charge is -2.21. The van der Waals surface area contributed by atoms with Crippen molar-refractivity contribution < 1.29 is 9.21 Å². The first-order valence-corrected chi connectivity index (χ1v) is 9.32. The monoisotopic (exact) mass is 378 g/mol. The lowest BCUT2D eigenvalue weighted by Crippen LogP contribution is -2.32. The van der Waals surface area contributed by atoms with Gasteiger partial charge in [-0.1, -0.05) is 29.8 Å². The van der Waals surface area contributed by atoms with E-state index >= 15 is 0 Å². The molecule has 3 rings (SSSR count). The van der Waals surface area contributed by atoms with Crippen LogP contribution in [0.5, 0.6) is 0 Å². The summed E-state index contributed by atoms with van der Waals surface area (Å²) in [5, 5.41) is 11.3. The number of likely N-dealkylation sites (N-methyl/N-ethyl adjacent to an activating group) is 1. The molecule has 0 aliphatic carbocycles. The van der Waals surface area contributed by atoms with Gasteiger partial charge in [-0.2, -0.15) is 0 Å². The Morgan fingerprint density at radius 2 is 1.89 bits per heavy atom. The van der Waals surface area contributed by atoms with Gasteiger partial charge in [-0.25, -0.2) is 0 Å². The van der Waals surface area contributed by atoms with E-state index in [9.17, 15) is 4.79 Å². The van der Waals surface area contributed by atoms with Gasteiger partial charge in [-0.15, -0.1) is 10.2 Å². The van der Waals surface area contributed by atoms with Crippen LogP contribution in [0.4, 0.5) is 5.69 Å². The standard InChI is InChI=1S/C22H26N4O2/c1-14-8-6-10-18(12-14)22-25-24-21(28-22)17(4)26(5)13-20(27)23-19-11-7-9-15(2)16(19)3/h6-12,17H,13H2,1-5H3,(H,23,27)/t17-/m0/s1. The molecule has 0 saturated carbocycles. The average molecular weight is 378 g/mol. The molecule has 1 heterocycles. The Labute approximate surface area is 165 Å². The molecule has 0 saturated heterocycles. The maximum absolute atomic E-state index is 12.5. The summed E-state index contributed by atoms with van der Waals surface area (Å²) in [5.41, 5.74) is 5.08. The largest absolute Gasteiger partial charge is 0.419 e. The number of hydrogen-bond donors (Lipinski definition) is 1. The van der Waals surface area contributed by atoms with Gasteiger partial charge < -0.3 is 9.73 Å². The molecule has 6 nitrogen and oxygen atoms in total. The molecule has 1 N–H and O–H groups in total. The maximum atomic E-state index is 12.5. The molecule has 1 atom stereocenters. The van der Waals surface area contributed by atoms with Gasteiger partial charge in [0, 0.05) is 11.3 Å². The summed E-state index contributed by atoms with van der Waals surface area (Å²) in [6.07, 6.45) is 0. The third-order valence-electron chi connectivity index (χ3n) is 5.00. The van der Waals surface area contributed by atoms with E-state index in [-0.39, 0.29) is 18.5 Å². The fraction of sp³-hybridized carbons (Fsp3) is 0.318. The number of anilines is 1. The van der Waals surface area contributed by atoms with Crippen molar-refractivity contribution in [2.45, 2.75) is 33.7 Å². The molecule has 0 radical (unpaired) electrons. The number of aromatic nitrogens is 2. The Morgan fingerprint density at radius 1 is 1.14 bits per heavy atom. The van der Waals surface area contributed by atoms with E-state index in [2.05, 4.69) is 15.5 Å². The summed E-state index contributed by atoms with van der Waals surface area (Å²) in [6, 6.07) is 13.6. The second-order valence-electron chi connectivity index (χ2n) is 7.20. The first kappa shape index (κ1) is 19.8. The van der Waals surface area contributed by atoms with E-state index < -0.39 is 0 Å². The zero-order valence-electron chi connectivity index (χ0n) is 17.0. The van der Waals surface area contributed by atoms with E-state index in [1.54, 1.807) is 0 Å². The maximum Gasteiger partial charge on any atom is 0.247 e. The highest BCUT2D eigenvalue weighted by atomic mass is 16.4. The van der Waals surface area contributed by atoms with Gasteiger partial charge in [-0.05, 0) is 64.1 Å².